The number of amides is 1. The average molecular weight is 566 g/mol. The monoisotopic (exact) mass is 565 g/mol. The van der Waals surface area contributed by atoms with Crippen LogP contribution in [0.1, 0.15) is 30.2 Å². The molecule has 0 spiro atoms. The highest BCUT2D eigenvalue weighted by Gasteiger charge is 2.05. The minimum absolute atomic E-state index is 0. The van der Waals surface area contributed by atoms with Crippen molar-refractivity contribution < 1.29 is 4.79 Å². The van der Waals surface area contributed by atoms with Gasteiger partial charge < -0.3 is 16.0 Å². The number of benzene rings is 1. The lowest BCUT2D eigenvalue weighted by atomic mass is 10.3. The van der Waals surface area contributed by atoms with Gasteiger partial charge in [-0.1, -0.05) is 22.9 Å². The Morgan fingerprint density at radius 3 is 2.59 bits per heavy atom. The summed E-state index contributed by atoms with van der Waals surface area (Å²) in [5.41, 5.74) is 0.786. The molecule has 1 heterocycles. The summed E-state index contributed by atoms with van der Waals surface area (Å²) in [5, 5.41) is 10.2. The number of nitrogens with one attached hydrogen (secondary N) is 3. The molecule has 1 amide bonds. The minimum Gasteiger partial charge on any atom is -0.357 e. The molecule has 0 atom stereocenters. The molecule has 0 unspecified atom stereocenters. The molecule has 0 aliphatic carbocycles. The van der Waals surface area contributed by atoms with Crippen molar-refractivity contribution in [2.75, 3.05) is 18.4 Å². The van der Waals surface area contributed by atoms with Crippen molar-refractivity contribution in [2.24, 2.45) is 4.99 Å². The molecule has 0 bridgehead atoms. The van der Waals surface area contributed by atoms with Crippen LogP contribution < -0.4 is 16.0 Å². The molecule has 0 radical (unpaired) electrons. The van der Waals surface area contributed by atoms with Crippen molar-refractivity contribution in [1.82, 2.24) is 15.6 Å². The third-order valence-corrected chi connectivity index (χ3v) is 5.09. The van der Waals surface area contributed by atoms with Gasteiger partial charge in [0.2, 0.25) is 5.91 Å². The third kappa shape index (κ3) is 9.02. The maximum absolute atomic E-state index is 12.0. The molecular weight excluding hydrogens is 541 g/mol. The lowest BCUT2D eigenvalue weighted by molar-refractivity contribution is -0.116. The number of aromatic nitrogens is 1. The number of hydrogen-bond donors (Lipinski definition) is 3. The molecule has 0 saturated carbocycles. The van der Waals surface area contributed by atoms with Gasteiger partial charge in [0.15, 0.2) is 5.96 Å². The van der Waals surface area contributed by atoms with E-state index in [1.807, 2.05) is 37.4 Å². The highest BCUT2D eigenvalue weighted by molar-refractivity contribution is 14.0. The number of rotatable bonds is 8. The summed E-state index contributed by atoms with van der Waals surface area (Å²) in [4.78, 5) is 22.2. The van der Waals surface area contributed by atoms with Crippen LogP contribution in [-0.2, 0) is 17.8 Å². The van der Waals surface area contributed by atoms with Crippen molar-refractivity contribution >= 4 is 68.8 Å². The fourth-order valence-corrected chi connectivity index (χ4v) is 3.18. The molecule has 2 aromatic rings. The summed E-state index contributed by atoms with van der Waals surface area (Å²) < 4.78 is 0.981. The Kier molecular flexibility index (Phi) is 11.5. The number of aliphatic imine (C=N–C) groups is 1. The topological polar surface area (TPSA) is 78.4 Å². The van der Waals surface area contributed by atoms with E-state index in [2.05, 4.69) is 48.8 Å². The summed E-state index contributed by atoms with van der Waals surface area (Å²) in [6.45, 7) is 5.92. The zero-order valence-corrected chi connectivity index (χ0v) is 20.2. The Balaban J connectivity index is 0.00000364. The van der Waals surface area contributed by atoms with Crippen LogP contribution in [0.15, 0.2) is 39.9 Å². The number of aryl methyl sites for hydroxylation is 1. The minimum atomic E-state index is -0.0387. The Morgan fingerprint density at radius 1 is 1.22 bits per heavy atom. The van der Waals surface area contributed by atoms with Crippen LogP contribution in [0.2, 0.25) is 0 Å². The second-order valence-electron chi connectivity index (χ2n) is 5.50. The summed E-state index contributed by atoms with van der Waals surface area (Å²) in [5.74, 6) is 0.653. The van der Waals surface area contributed by atoms with Crippen LogP contribution in [-0.4, -0.2) is 29.9 Å². The molecule has 0 aliphatic rings. The second kappa shape index (κ2) is 13.1. The molecule has 9 heteroatoms. The molecule has 0 aliphatic heterocycles. The zero-order chi connectivity index (χ0) is 18.8. The summed E-state index contributed by atoms with van der Waals surface area (Å²) in [7, 11) is 0. The third-order valence-electron chi connectivity index (χ3n) is 3.44. The SMILES string of the molecule is CCNC(=NCc1ncc(CC)s1)NCCC(=O)Nc1ccc(Br)cc1.I. The average Bonchev–Trinajstić information content (AvgIpc) is 3.10. The van der Waals surface area contributed by atoms with Gasteiger partial charge in [0.25, 0.3) is 0 Å². The fourth-order valence-electron chi connectivity index (χ4n) is 2.12. The number of carbonyl (C=O) groups excluding carboxylic acids is 1. The van der Waals surface area contributed by atoms with E-state index in [-0.39, 0.29) is 29.9 Å². The quantitative estimate of drug-likeness (QED) is 0.255. The normalized spacial score (nSPS) is 10.9. The first-order valence-corrected chi connectivity index (χ1v) is 10.2. The summed E-state index contributed by atoms with van der Waals surface area (Å²) in [6.07, 6.45) is 3.26. The van der Waals surface area contributed by atoms with Crippen LogP contribution in [0.4, 0.5) is 5.69 Å². The van der Waals surface area contributed by atoms with E-state index < -0.39 is 0 Å². The molecule has 27 heavy (non-hydrogen) atoms. The molecule has 1 aromatic heterocycles. The van der Waals surface area contributed by atoms with E-state index in [1.54, 1.807) is 11.3 Å². The van der Waals surface area contributed by atoms with E-state index in [4.69, 9.17) is 0 Å². The van der Waals surface area contributed by atoms with Crippen LogP contribution in [0.5, 0.6) is 0 Å². The zero-order valence-electron chi connectivity index (χ0n) is 15.4. The number of halogens is 2. The van der Waals surface area contributed by atoms with Gasteiger partial charge in [-0.25, -0.2) is 9.98 Å². The number of anilines is 1. The number of carbonyl (C=O) groups is 1. The smallest absolute Gasteiger partial charge is 0.226 e. The highest BCUT2D eigenvalue weighted by atomic mass is 127. The van der Waals surface area contributed by atoms with Crippen LogP contribution >= 0.6 is 51.2 Å². The van der Waals surface area contributed by atoms with Gasteiger partial charge >= 0.3 is 0 Å². The summed E-state index contributed by atoms with van der Waals surface area (Å²) >= 11 is 5.06. The first-order chi connectivity index (χ1) is 12.6. The van der Waals surface area contributed by atoms with Gasteiger partial charge in [0, 0.05) is 40.7 Å². The molecule has 0 fully saturated rings. The van der Waals surface area contributed by atoms with Gasteiger partial charge in [-0.05, 0) is 37.6 Å². The highest BCUT2D eigenvalue weighted by Crippen LogP contribution is 2.15. The fraction of sp³-hybridized carbons (Fsp3) is 0.389. The molecule has 6 nitrogen and oxygen atoms in total. The molecule has 148 valence electrons. The Labute approximate surface area is 189 Å². The lowest BCUT2D eigenvalue weighted by Crippen LogP contribution is -2.38. The Hall–Kier alpha value is -1.20. The Morgan fingerprint density at radius 2 is 1.96 bits per heavy atom. The Bertz CT molecular complexity index is 736. The second-order valence-corrected chi connectivity index (χ2v) is 7.62. The van der Waals surface area contributed by atoms with Gasteiger partial charge in [-0.3, -0.25) is 4.79 Å². The van der Waals surface area contributed by atoms with E-state index in [1.165, 1.54) is 4.88 Å². The number of nitrogens with zero attached hydrogens (tertiary/aromatic N) is 2. The number of thiazole rings is 1. The molecular formula is C18H25BrIN5OS. The molecule has 1 aromatic carbocycles. The van der Waals surface area contributed by atoms with Gasteiger partial charge in [-0.15, -0.1) is 35.3 Å². The van der Waals surface area contributed by atoms with E-state index >= 15 is 0 Å². The van der Waals surface area contributed by atoms with Crippen molar-refractivity contribution in [3.63, 3.8) is 0 Å². The van der Waals surface area contributed by atoms with Crippen LogP contribution in [0.3, 0.4) is 0 Å². The molecule has 2 rings (SSSR count). The number of hydrogen-bond acceptors (Lipinski definition) is 4. The van der Waals surface area contributed by atoms with E-state index in [9.17, 15) is 4.79 Å². The maximum atomic E-state index is 12.0. The summed E-state index contributed by atoms with van der Waals surface area (Å²) in [6, 6.07) is 7.51. The molecule has 3 N–H and O–H groups in total. The van der Waals surface area contributed by atoms with Crippen molar-refractivity contribution in [3.05, 3.63) is 44.8 Å². The number of guanidine groups is 1. The van der Waals surface area contributed by atoms with Crippen molar-refractivity contribution in [3.8, 4) is 0 Å². The first-order valence-electron chi connectivity index (χ1n) is 8.62. The molecule has 0 saturated heterocycles. The predicted molar refractivity (Wildman–Crippen MR) is 127 cm³/mol. The van der Waals surface area contributed by atoms with Crippen molar-refractivity contribution in [2.45, 2.75) is 33.2 Å². The van der Waals surface area contributed by atoms with Gasteiger partial charge in [-0.2, -0.15) is 0 Å². The first kappa shape index (κ1) is 23.8. The van der Waals surface area contributed by atoms with Crippen LogP contribution in [0.25, 0.3) is 0 Å². The van der Waals surface area contributed by atoms with E-state index in [0.29, 0.717) is 25.5 Å². The van der Waals surface area contributed by atoms with Crippen molar-refractivity contribution in [1.29, 1.82) is 0 Å². The van der Waals surface area contributed by atoms with Gasteiger partial charge in [0.05, 0.1) is 6.54 Å². The van der Waals surface area contributed by atoms with E-state index in [0.717, 1.165) is 28.1 Å². The maximum Gasteiger partial charge on any atom is 0.226 e. The largest absolute Gasteiger partial charge is 0.357 e. The van der Waals surface area contributed by atoms with Gasteiger partial charge in [0.1, 0.15) is 5.01 Å². The standard InChI is InChI=1S/C18H24BrN5OS.HI/c1-3-15-11-22-17(26-15)12-23-18(20-4-2)21-10-9-16(25)24-14-7-5-13(19)6-8-14;/h5-8,11H,3-4,9-10,12H2,1-2H3,(H,24,25)(H2,20,21,23);1H. The van der Waals surface area contributed by atoms with Crippen LogP contribution in [0, 0.1) is 0 Å². The predicted octanol–water partition coefficient (Wildman–Crippen LogP) is 4.17. The lowest BCUT2D eigenvalue weighted by Gasteiger charge is -2.11.